The fraction of sp³-hybridized carbons (Fsp3) is 0.417. The summed E-state index contributed by atoms with van der Waals surface area (Å²) in [5.41, 5.74) is -0.485. The number of hydrogen-bond acceptors (Lipinski definition) is 3. The maximum Gasteiger partial charge on any atom is 0.311 e. The number of nitrogens with zero attached hydrogens (tertiary/aromatic N) is 1. The second-order valence-electron chi connectivity index (χ2n) is 4.48. The molecule has 5 nitrogen and oxygen atoms in total. The molecule has 1 amide bonds. The van der Waals surface area contributed by atoms with Crippen molar-refractivity contribution < 1.29 is 14.7 Å². The smallest absolute Gasteiger partial charge is 0.311 e. The molecule has 0 saturated heterocycles. The number of carbonyl (C=O) groups excluding carboxylic acids is 1. The molecule has 1 aromatic heterocycles. The number of amides is 1. The van der Waals surface area contributed by atoms with Crippen LogP contribution in [0.4, 0.5) is 0 Å². The van der Waals surface area contributed by atoms with Crippen LogP contribution in [0.1, 0.15) is 29.6 Å². The summed E-state index contributed by atoms with van der Waals surface area (Å²) < 4.78 is 0. The van der Waals surface area contributed by atoms with E-state index in [0.29, 0.717) is 18.4 Å². The molecule has 0 atom stereocenters. The van der Waals surface area contributed by atoms with Gasteiger partial charge < -0.3 is 10.4 Å². The molecule has 2 rings (SSSR count). The molecule has 2 N–H and O–H groups in total. The first-order valence-corrected chi connectivity index (χ1v) is 6.04. The number of aromatic nitrogens is 1. The van der Waals surface area contributed by atoms with Crippen molar-refractivity contribution in [2.45, 2.75) is 19.3 Å². The van der Waals surface area contributed by atoms with E-state index < -0.39 is 11.4 Å². The highest BCUT2D eigenvalue weighted by Gasteiger charge is 2.44. The molecule has 0 spiro atoms. The Morgan fingerprint density at radius 3 is 2.72 bits per heavy atom. The Kier molecular flexibility index (Phi) is 3.52. The van der Waals surface area contributed by atoms with E-state index in [1.54, 1.807) is 0 Å². The van der Waals surface area contributed by atoms with Gasteiger partial charge >= 0.3 is 5.97 Å². The molecule has 1 fully saturated rings. The molecule has 0 unspecified atom stereocenters. The van der Waals surface area contributed by atoms with Crippen LogP contribution in [0.15, 0.2) is 18.5 Å². The predicted molar refractivity (Wildman–Crippen MR) is 65.5 cm³/mol. The Labute approximate surface area is 109 Å². The lowest BCUT2D eigenvalue weighted by Crippen LogP contribution is -2.47. The highest BCUT2D eigenvalue weighted by Crippen LogP contribution is 2.40. The molecule has 0 radical (unpaired) electrons. The third kappa shape index (κ3) is 2.31. The average Bonchev–Trinajstić information content (AvgIpc) is 2.27. The van der Waals surface area contributed by atoms with Crippen molar-refractivity contribution in [3.63, 3.8) is 0 Å². The molecule has 1 aliphatic carbocycles. The van der Waals surface area contributed by atoms with Crippen molar-refractivity contribution in [2.24, 2.45) is 5.41 Å². The highest BCUT2D eigenvalue weighted by molar-refractivity contribution is 6.33. The monoisotopic (exact) mass is 268 g/mol. The molecule has 1 heterocycles. The van der Waals surface area contributed by atoms with Gasteiger partial charge in [-0.25, -0.2) is 0 Å². The van der Waals surface area contributed by atoms with Crippen molar-refractivity contribution in [2.75, 3.05) is 6.54 Å². The number of aliphatic carboxylic acids is 1. The van der Waals surface area contributed by atoms with E-state index in [4.69, 9.17) is 16.7 Å². The standard InChI is InChI=1S/C12H13ClN2O3/c13-9-6-14-5-2-8(9)10(16)15-7-12(11(17)18)3-1-4-12/h2,5-6H,1,3-4,7H2,(H,15,16)(H,17,18). The van der Waals surface area contributed by atoms with Gasteiger partial charge in [-0.2, -0.15) is 0 Å². The summed E-state index contributed by atoms with van der Waals surface area (Å²) in [7, 11) is 0. The third-order valence-electron chi connectivity index (χ3n) is 3.37. The number of nitrogens with one attached hydrogen (secondary N) is 1. The predicted octanol–water partition coefficient (Wildman–Crippen LogP) is 1.72. The fourth-order valence-corrected chi connectivity index (χ4v) is 2.18. The number of carboxylic acids is 1. The van der Waals surface area contributed by atoms with Crippen molar-refractivity contribution in [1.82, 2.24) is 10.3 Å². The quantitative estimate of drug-likeness (QED) is 0.871. The summed E-state index contributed by atoms with van der Waals surface area (Å²) in [4.78, 5) is 26.8. The largest absolute Gasteiger partial charge is 0.481 e. The van der Waals surface area contributed by atoms with E-state index in [1.165, 1.54) is 18.5 Å². The van der Waals surface area contributed by atoms with Gasteiger partial charge in [0.25, 0.3) is 5.91 Å². The van der Waals surface area contributed by atoms with Crippen LogP contribution >= 0.6 is 11.6 Å². The molecular formula is C12H13ClN2O3. The summed E-state index contributed by atoms with van der Waals surface area (Å²) in [6.45, 7) is 0.139. The van der Waals surface area contributed by atoms with Gasteiger partial charge in [0.1, 0.15) is 0 Å². The van der Waals surface area contributed by atoms with Gasteiger partial charge in [-0.1, -0.05) is 18.0 Å². The first-order chi connectivity index (χ1) is 8.55. The third-order valence-corrected chi connectivity index (χ3v) is 3.67. The minimum Gasteiger partial charge on any atom is -0.481 e. The number of rotatable bonds is 4. The van der Waals surface area contributed by atoms with Crippen molar-refractivity contribution in [3.8, 4) is 0 Å². The maximum absolute atomic E-state index is 11.9. The van der Waals surface area contributed by atoms with E-state index in [-0.39, 0.29) is 17.5 Å². The number of hydrogen-bond donors (Lipinski definition) is 2. The molecule has 96 valence electrons. The summed E-state index contributed by atoms with van der Waals surface area (Å²) in [6.07, 6.45) is 4.95. The van der Waals surface area contributed by atoms with Crippen LogP contribution in [-0.4, -0.2) is 28.5 Å². The minimum absolute atomic E-state index is 0.139. The van der Waals surface area contributed by atoms with Crippen LogP contribution < -0.4 is 5.32 Å². The number of carboxylic acid groups (broad SMARTS) is 1. The molecule has 0 bridgehead atoms. The van der Waals surface area contributed by atoms with Gasteiger partial charge in [0, 0.05) is 18.9 Å². The van der Waals surface area contributed by atoms with Gasteiger partial charge in [-0.05, 0) is 18.9 Å². The zero-order valence-corrected chi connectivity index (χ0v) is 10.4. The van der Waals surface area contributed by atoms with Crippen molar-refractivity contribution >= 4 is 23.5 Å². The molecule has 1 aromatic rings. The number of halogens is 1. The van der Waals surface area contributed by atoms with E-state index in [1.807, 2.05) is 0 Å². The normalized spacial score (nSPS) is 16.7. The van der Waals surface area contributed by atoms with E-state index in [2.05, 4.69) is 10.3 Å². The lowest BCUT2D eigenvalue weighted by molar-refractivity contribution is -0.153. The number of pyridine rings is 1. The molecule has 0 aliphatic heterocycles. The van der Waals surface area contributed by atoms with Gasteiger partial charge in [0.2, 0.25) is 0 Å². The first-order valence-electron chi connectivity index (χ1n) is 5.66. The SMILES string of the molecule is O=C(NCC1(C(=O)O)CCC1)c1ccncc1Cl. The zero-order valence-electron chi connectivity index (χ0n) is 9.65. The first kappa shape index (κ1) is 12.8. The number of carbonyl (C=O) groups is 2. The Bertz CT molecular complexity index is 486. The Morgan fingerprint density at radius 1 is 1.50 bits per heavy atom. The lowest BCUT2D eigenvalue weighted by Gasteiger charge is -2.37. The van der Waals surface area contributed by atoms with Gasteiger partial charge in [0.15, 0.2) is 0 Å². The topological polar surface area (TPSA) is 79.3 Å². The lowest BCUT2D eigenvalue weighted by atomic mass is 9.69. The van der Waals surface area contributed by atoms with Gasteiger partial charge in [0.05, 0.1) is 16.0 Å². The molecule has 1 aliphatic rings. The maximum atomic E-state index is 11.9. The molecule has 1 saturated carbocycles. The van der Waals surface area contributed by atoms with Crippen molar-refractivity contribution in [1.29, 1.82) is 0 Å². The van der Waals surface area contributed by atoms with Crippen LogP contribution in [0.2, 0.25) is 5.02 Å². The minimum atomic E-state index is -0.852. The van der Waals surface area contributed by atoms with E-state index >= 15 is 0 Å². The summed E-state index contributed by atoms with van der Waals surface area (Å²) >= 11 is 5.84. The van der Waals surface area contributed by atoms with Gasteiger partial charge in [-0.15, -0.1) is 0 Å². The Morgan fingerprint density at radius 2 is 2.22 bits per heavy atom. The van der Waals surface area contributed by atoms with Crippen LogP contribution in [0.3, 0.4) is 0 Å². The van der Waals surface area contributed by atoms with Crippen LogP contribution in [0.5, 0.6) is 0 Å². The van der Waals surface area contributed by atoms with E-state index in [0.717, 1.165) is 6.42 Å². The van der Waals surface area contributed by atoms with E-state index in [9.17, 15) is 9.59 Å². The average molecular weight is 269 g/mol. The van der Waals surface area contributed by atoms with Gasteiger partial charge in [-0.3, -0.25) is 14.6 Å². The second kappa shape index (κ2) is 4.94. The fourth-order valence-electron chi connectivity index (χ4n) is 1.97. The highest BCUT2D eigenvalue weighted by atomic mass is 35.5. The van der Waals surface area contributed by atoms with Crippen LogP contribution in [0.25, 0.3) is 0 Å². The molecule has 0 aromatic carbocycles. The summed E-state index contributed by atoms with van der Waals surface area (Å²) in [5, 5.41) is 12.0. The molecule has 6 heteroatoms. The van der Waals surface area contributed by atoms with Crippen LogP contribution in [0, 0.1) is 5.41 Å². The van der Waals surface area contributed by atoms with Crippen LogP contribution in [-0.2, 0) is 4.79 Å². The molecular weight excluding hydrogens is 256 g/mol. The zero-order chi connectivity index (χ0) is 13.2. The summed E-state index contributed by atoms with van der Waals surface area (Å²) in [6, 6.07) is 1.51. The summed E-state index contributed by atoms with van der Waals surface area (Å²) in [5.74, 6) is -1.22. The Balaban J connectivity index is 2.01. The van der Waals surface area contributed by atoms with Crippen molar-refractivity contribution in [3.05, 3.63) is 29.0 Å². The molecule has 18 heavy (non-hydrogen) atoms. The second-order valence-corrected chi connectivity index (χ2v) is 4.88. The Hall–Kier alpha value is -1.62.